The average Bonchev–Trinajstić information content (AvgIpc) is 2.67. The lowest BCUT2D eigenvalue weighted by Crippen LogP contribution is -2.48. The zero-order valence-corrected chi connectivity index (χ0v) is 10.2. The Bertz CT molecular complexity index is 487. The number of hydrogen-bond donors (Lipinski definition) is 2. The van der Waals surface area contributed by atoms with Gasteiger partial charge >= 0.3 is 0 Å². The van der Waals surface area contributed by atoms with E-state index in [-0.39, 0.29) is 0 Å². The first kappa shape index (κ1) is 10.3. The Kier molecular flexibility index (Phi) is 2.67. The molecule has 1 saturated heterocycles. The molecule has 1 aliphatic heterocycles. The molecule has 1 atom stereocenters. The highest BCUT2D eigenvalue weighted by Gasteiger charge is 2.28. The molecule has 0 saturated carbocycles. The molecule has 0 spiro atoms. The van der Waals surface area contributed by atoms with Crippen molar-refractivity contribution in [2.45, 2.75) is 6.04 Å². The lowest BCUT2D eigenvalue weighted by molar-refractivity contribution is 0.269. The van der Waals surface area contributed by atoms with Crippen molar-refractivity contribution in [3.05, 3.63) is 35.2 Å². The topological polar surface area (TPSA) is 24.1 Å². The molecule has 2 nitrogen and oxygen atoms in total. The van der Waals surface area contributed by atoms with Gasteiger partial charge in [-0.05, 0) is 29.4 Å². The van der Waals surface area contributed by atoms with Crippen LogP contribution in [0, 0.1) is 5.92 Å². The first-order valence-electron chi connectivity index (χ1n) is 5.74. The summed E-state index contributed by atoms with van der Waals surface area (Å²) in [4.78, 5) is 0. The van der Waals surface area contributed by atoms with Crippen LogP contribution in [0.5, 0.6) is 0 Å². The molecular weight excluding hydrogens is 216 g/mol. The van der Waals surface area contributed by atoms with Gasteiger partial charge in [-0.1, -0.05) is 18.2 Å². The average molecular weight is 232 g/mol. The van der Waals surface area contributed by atoms with E-state index in [0.29, 0.717) is 6.04 Å². The number of nitrogens with one attached hydrogen (secondary N) is 2. The summed E-state index contributed by atoms with van der Waals surface area (Å²) in [5.74, 6) is 0.739. The first-order valence-corrected chi connectivity index (χ1v) is 6.62. The quantitative estimate of drug-likeness (QED) is 0.849. The maximum Gasteiger partial charge on any atom is 0.0385 e. The standard InChI is InChI=1S/C13H16N2S/c1-14-13(9-6-15-7-9)11-8-16-12-5-3-2-4-10(11)12/h2-5,8-9,13-15H,6-7H2,1H3. The Morgan fingerprint density at radius 1 is 1.38 bits per heavy atom. The highest BCUT2D eigenvalue weighted by molar-refractivity contribution is 7.17. The smallest absolute Gasteiger partial charge is 0.0385 e. The molecule has 0 amide bonds. The van der Waals surface area contributed by atoms with Crippen molar-refractivity contribution in [3.8, 4) is 0 Å². The van der Waals surface area contributed by atoms with Crippen LogP contribution in [0.1, 0.15) is 11.6 Å². The second-order valence-electron chi connectivity index (χ2n) is 4.37. The normalized spacial score (nSPS) is 18.6. The number of fused-ring (bicyclic) bond motifs is 1. The molecule has 3 heteroatoms. The third-order valence-corrected chi connectivity index (χ3v) is 4.42. The van der Waals surface area contributed by atoms with Crippen LogP contribution >= 0.6 is 11.3 Å². The van der Waals surface area contributed by atoms with Crippen LogP contribution < -0.4 is 10.6 Å². The highest BCUT2D eigenvalue weighted by atomic mass is 32.1. The summed E-state index contributed by atoms with van der Waals surface area (Å²) in [7, 11) is 2.06. The first-order chi connectivity index (χ1) is 7.90. The molecular formula is C13H16N2S. The van der Waals surface area contributed by atoms with E-state index in [1.807, 2.05) is 11.3 Å². The molecule has 2 aromatic rings. The molecule has 2 N–H and O–H groups in total. The van der Waals surface area contributed by atoms with Crippen LogP contribution in [-0.2, 0) is 0 Å². The fraction of sp³-hybridized carbons (Fsp3) is 0.385. The molecule has 1 aromatic carbocycles. The van der Waals surface area contributed by atoms with Crippen LogP contribution in [0.2, 0.25) is 0 Å². The van der Waals surface area contributed by atoms with Crippen LogP contribution in [0.3, 0.4) is 0 Å². The molecule has 84 valence electrons. The van der Waals surface area contributed by atoms with Crippen molar-refractivity contribution in [3.63, 3.8) is 0 Å². The second-order valence-corrected chi connectivity index (χ2v) is 5.28. The summed E-state index contributed by atoms with van der Waals surface area (Å²) >= 11 is 1.85. The maximum atomic E-state index is 3.47. The molecule has 3 rings (SSSR count). The predicted octanol–water partition coefficient (Wildman–Crippen LogP) is 2.38. The third kappa shape index (κ3) is 1.56. The largest absolute Gasteiger partial charge is 0.316 e. The van der Waals surface area contributed by atoms with Gasteiger partial charge in [-0.2, -0.15) is 0 Å². The van der Waals surface area contributed by atoms with Crippen LogP contribution in [0.4, 0.5) is 0 Å². The summed E-state index contributed by atoms with van der Waals surface area (Å²) in [6.07, 6.45) is 0. The summed E-state index contributed by atoms with van der Waals surface area (Å²) in [5, 5.41) is 10.5. The second kappa shape index (κ2) is 4.17. The fourth-order valence-electron chi connectivity index (χ4n) is 2.43. The van der Waals surface area contributed by atoms with Crippen molar-refractivity contribution in [2.75, 3.05) is 20.1 Å². The van der Waals surface area contributed by atoms with Crippen LogP contribution in [-0.4, -0.2) is 20.1 Å². The number of thiophene rings is 1. The highest BCUT2D eigenvalue weighted by Crippen LogP contribution is 2.34. The Balaban J connectivity index is 2.02. The lowest BCUT2D eigenvalue weighted by atomic mass is 9.88. The van der Waals surface area contributed by atoms with Crippen molar-refractivity contribution >= 4 is 21.4 Å². The molecule has 1 fully saturated rings. The molecule has 2 heterocycles. The van der Waals surface area contributed by atoms with E-state index in [1.54, 1.807) is 0 Å². The SMILES string of the molecule is CNC(c1csc2ccccc12)C1CNC1. The van der Waals surface area contributed by atoms with Crippen molar-refractivity contribution in [1.82, 2.24) is 10.6 Å². The fourth-order valence-corrected chi connectivity index (χ4v) is 3.43. The van der Waals surface area contributed by atoms with Gasteiger partial charge in [-0.3, -0.25) is 0 Å². The molecule has 0 radical (unpaired) electrons. The minimum Gasteiger partial charge on any atom is -0.316 e. The Morgan fingerprint density at radius 3 is 2.88 bits per heavy atom. The number of hydrogen-bond acceptors (Lipinski definition) is 3. The van der Waals surface area contributed by atoms with Gasteiger partial charge in [0.2, 0.25) is 0 Å². The summed E-state index contributed by atoms with van der Waals surface area (Å²) in [6, 6.07) is 9.18. The Labute approximate surface area is 99.7 Å². The van der Waals surface area contributed by atoms with Gasteiger partial charge in [-0.25, -0.2) is 0 Å². The van der Waals surface area contributed by atoms with Gasteiger partial charge in [0.25, 0.3) is 0 Å². The predicted molar refractivity (Wildman–Crippen MR) is 70.0 cm³/mol. The van der Waals surface area contributed by atoms with E-state index in [0.717, 1.165) is 19.0 Å². The van der Waals surface area contributed by atoms with Crippen molar-refractivity contribution < 1.29 is 0 Å². The van der Waals surface area contributed by atoms with E-state index in [2.05, 4.69) is 47.3 Å². The van der Waals surface area contributed by atoms with Gasteiger partial charge < -0.3 is 10.6 Å². The zero-order chi connectivity index (χ0) is 11.0. The molecule has 1 unspecified atom stereocenters. The van der Waals surface area contributed by atoms with E-state index >= 15 is 0 Å². The van der Waals surface area contributed by atoms with Crippen LogP contribution in [0.15, 0.2) is 29.6 Å². The molecule has 0 aliphatic carbocycles. The number of rotatable bonds is 3. The maximum absolute atomic E-state index is 3.47. The van der Waals surface area contributed by atoms with E-state index in [9.17, 15) is 0 Å². The van der Waals surface area contributed by atoms with E-state index in [1.165, 1.54) is 15.6 Å². The lowest BCUT2D eigenvalue weighted by Gasteiger charge is -2.34. The third-order valence-electron chi connectivity index (χ3n) is 3.44. The molecule has 16 heavy (non-hydrogen) atoms. The van der Waals surface area contributed by atoms with Crippen molar-refractivity contribution in [1.29, 1.82) is 0 Å². The van der Waals surface area contributed by atoms with Gasteiger partial charge in [-0.15, -0.1) is 11.3 Å². The van der Waals surface area contributed by atoms with E-state index in [4.69, 9.17) is 0 Å². The molecule has 1 aromatic heterocycles. The van der Waals surface area contributed by atoms with Gasteiger partial charge in [0, 0.05) is 29.7 Å². The summed E-state index contributed by atoms with van der Waals surface area (Å²) in [5.41, 5.74) is 1.47. The summed E-state index contributed by atoms with van der Waals surface area (Å²) < 4.78 is 1.39. The van der Waals surface area contributed by atoms with Gasteiger partial charge in [0.05, 0.1) is 0 Å². The Morgan fingerprint density at radius 2 is 2.19 bits per heavy atom. The molecule has 1 aliphatic rings. The number of benzene rings is 1. The molecule has 0 bridgehead atoms. The summed E-state index contributed by atoms with van der Waals surface area (Å²) in [6.45, 7) is 2.27. The minimum atomic E-state index is 0.498. The van der Waals surface area contributed by atoms with Crippen molar-refractivity contribution in [2.24, 2.45) is 5.92 Å². The van der Waals surface area contributed by atoms with Gasteiger partial charge in [0.15, 0.2) is 0 Å². The van der Waals surface area contributed by atoms with Crippen LogP contribution in [0.25, 0.3) is 10.1 Å². The Hall–Kier alpha value is -0.900. The monoisotopic (exact) mass is 232 g/mol. The van der Waals surface area contributed by atoms with Gasteiger partial charge in [0.1, 0.15) is 0 Å². The zero-order valence-electron chi connectivity index (χ0n) is 9.36. The van der Waals surface area contributed by atoms with E-state index < -0.39 is 0 Å². The minimum absolute atomic E-state index is 0.498.